The number of benzene rings is 1. The molecule has 0 spiro atoms. The van der Waals surface area contributed by atoms with Crippen molar-refractivity contribution in [3.05, 3.63) is 27.7 Å². The molecule has 1 saturated carbocycles. The Balaban J connectivity index is 1.98. The predicted molar refractivity (Wildman–Crippen MR) is 71.1 cm³/mol. The van der Waals surface area contributed by atoms with E-state index in [1.54, 1.807) is 0 Å². The molecule has 3 rings (SSSR count). The minimum Gasteiger partial charge on any atom is -0.489 e. The second-order valence-electron chi connectivity index (χ2n) is 5.43. The summed E-state index contributed by atoms with van der Waals surface area (Å²) in [6.45, 7) is 2.05. The molecular formula is C14H15BrO3. The molecule has 1 fully saturated rings. The number of rotatable bonds is 3. The van der Waals surface area contributed by atoms with Gasteiger partial charge in [0, 0.05) is 11.8 Å². The van der Waals surface area contributed by atoms with Gasteiger partial charge >= 0.3 is 5.97 Å². The van der Waals surface area contributed by atoms with Crippen molar-refractivity contribution in [1.29, 1.82) is 0 Å². The van der Waals surface area contributed by atoms with Crippen LogP contribution in [-0.2, 0) is 16.6 Å². The molecule has 1 atom stereocenters. The quantitative estimate of drug-likeness (QED) is 0.932. The van der Waals surface area contributed by atoms with Crippen molar-refractivity contribution in [2.45, 2.75) is 44.1 Å². The normalized spacial score (nSPS) is 23.3. The van der Waals surface area contributed by atoms with Crippen molar-refractivity contribution in [3.63, 3.8) is 0 Å². The van der Waals surface area contributed by atoms with Crippen LogP contribution < -0.4 is 4.74 Å². The van der Waals surface area contributed by atoms with E-state index >= 15 is 0 Å². The van der Waals surface area contributed by atoms with E-state index in [0.29, 0.717) is 0 Å². The van der Waals surface area contributed by atoms with E-state index < -0.39 is 5.97 Å². The minimum absolute atomic E-state index is 0.130. The van der Waals surface area contributed by atoms with E-state index in [-0.39, 0.29) is 17.9 Å². The summed E-state index contributed by atoms with van der Waals surface area (Å²) in [5.74, 6) is 0.214. The van der Waals surface area contributed by atoms with E-state index in [9.17, 15) is 4.79 Å². The number of carboxylic acid groups (broad SMARTS) is 1. The molecule has 2 aliphatic rings. The van der Waals surface area contributed by atoms with Gasteiger partial charge in [0.2, 0.25) is 0 Å². The van der Waals surface area contributed by atoms with Crippen LogP contribution in [0.4, 0.5) is 0 Å². The van der Waals surface area contributed by atoms with E-state index in [0.717, 1.165) is 35.0 Å². The number of fused-ring (bicyclic) bond motifs is 1. The predicted octanol–water partition coefficient (Wildman–Crippen LogP) is 3.28. The summed E-state index contributed by atoms with van der Waals surface area (Å²) in [5, 5.41) is 9.02. The Kier molecular flexibility index (Phi) is 2.66. The molecule has 0 amide bonds. The maximum atomic E-state index is 11.0. The SMILES string of the molecule is CC1Cc2cc(C3(CC(=O)O)CC3)cc(Br)c2O1. The van der Waals surface area contributed by atoms with E-state index in [4.69, 9.17) is 9.84 Å². The number of carboxylic acids is 1. The first kappa shape index (κ1) is 12.0. The molecule has 18 heavy (non-hydrogen) atoms. The van der Waals surface area contributed by atoms with Gasteiger partial charge in [-0.1, -0.05) is 6.07 Å². The fourth-order valence-electron chi connectivity index (χ4n) is 2.80. The van der Waals surface area contributed by atoms with Crippen molar-refractivity contribution in [2.24, 2.45) is 0 Å². The summed E-state index contributed by atoms with van der Waals surface area (Å²) in [6.07, 6.45) is 3.29. The number of carbonyl (C=O) groups is 1. The van der Waals surface area contributed by atoms with Gasteiger partial charge in [0.15, 0.2) is 0 Å². The van der Waals surface area contributed by atoms with Crippen molar-refractivity contribution >= 4 is 21.9 Å². The Morgan fingerprint density at radius 2 is 2.28 bits per heavy atom. The van der Waals surface area contributed by atoms with Gasteiger partial charge in [0.25, 0.3) is 0 Å². The number of hydrogen-bond acceptors (Lipinski definition) is 2. The zero-order chi connectivity index (χ0) is 12.9. The second kappa shape index (κ2) is 3.98. The lowest BCUT2D eigenvalue weighted by atomic mass is 9.90. The molecule has 3 nitrogen and oxygen atoms in total. The number of hydrogen-bond donors (Lipinski definition) is 1. The summed E-state index contributed by atoms with van der Waals surface area (Å²) >= 11 is 3.54. The maximum absolute atomic E-state index is 11.0. The lowest BCUT2D eigenvalue weighted by Gasteiger charge is -2.15. The third-order valence-corrected chi connectivity index (χ3v) is 4.49. The first-order chi connectivity index (χ1) is 8.50. The van der Waals surface area contributed by atoms with Crippen molar-refractivity contribution in [2.75, 3.05) is 0 Å². The van der Waals surface area contributed by atoms with E-state index in [2.05, 4.69) is 28.9 Å². The monoisotopic (exact) mass is 310 g/mol. The van der Waals surface area contributed by atoms with Crippen LogP contribution in [0.3, 0.4) is 0 Å². The highest BCUT2D eigenvalue weighted by molar-refractivity contribution is 9.10. The maximum Gasteiger partial charge on any atom is 0.304 e. The van der Waals surface area contributed by atoms with Crippen LogP contribution in [-0.4, -0.2) is 17.2 Å². The topological polar surface area (TPSA) is 46.5 Å². The van der Waals surface area contributed by atoms with Gasteiger partial charge in [-0.25, -0.2) is 0 Å². The first-order valence-electron chi connectivity index (χ1n) is 6.21. The van der Waals surface area contributed by atoms with E-state index in [1.165, 1.54) is 5.56 Å². The van der Waals surface area contributed by atoms with Crippen LogP contribution in [0.1, 0.15) is 37.3 Å². The largest absolute Gasteiger partial charge is 0.489 e. The Morgan fingerprint density at radius 1 is 1.56 bits per heavy atom. The molecule has 4 heteroatoms. The Hall–Kier alpha value is -1.03. The summed E-state index contributed by atoms with van der Waals surface area (Å²) in [7, 11) is 0. The zero-order valence-corrected chi connectivity index (χ0v) is 11.8. The Labute approximate surface area is 114 Å². The van der Waals surface area contributed by atoms with Gasteiger partial charge in [-0.05, 0) is 52.9 Å². The minimum atomic E-state index is -0.714. The molecule has 0 bridgehead atoms. The molecule has 1 aromatic carbocycles. The van der Waals surface area contributed by atoms with Gasteiger partial charge < -0.3 is 9.84 Å². The zero-order valence-electron chi connectivity index (χ0n) is 10.2. The van der Waals surface area contributed by atoms with Crippen LogP contribution in [0.15, 0.2) is 16.6 Å². The van der Waals surface area contributed by atoms with Crippen LogP contribution in [0.25, 0.3) is 0 Å². The molecule has 1 heterocycles. The fraction of sp³-hybridized carbons (Fsp3) is 0.500. The molecule has 1 aliphatic carbocycles. The fourth-order valence-corrected chi connectivity index (χ4v) is 3.40. The third kappa shape index (κ3) is 1.92. The highest BCUT2D eigenvalue weighted by atomic mass is 79.9. The van der Waals surface area contributed by atoms with Crippen LogP contribution in [0.5, 0.6) is 5.75 Å². The number of halogens is 1. The van der Waals surface area contributed by atoms with Gasteiger partial charge in [0.05, 0.1) is 10.9 Å². The smallest absolute Gasteiger partial charge is 0.304 e. The number of aliphatic carboxylic acids is 1. The molecule has 1 aliphatic heterocycles. The lowest BCUT2D eigenvalue weighted by molar-refractivity contribution is -0.137. The summed E-state index contributed by atoms with van der Waals surface area (Å²) in [6, 6.07) is 4.17. The summed E-state index contributed by atoms with van der Waals surface area (Å²) in [4.78, 5) is 11.0. The number of ether oxygens (including phenoxy) is 1. The molecular weight excluding hydrogens is 296 g/mol. The summed E-state index contributed by atoms with van der Waals surface area (Å²) < 4.78 is 6.70. The van der Waals surface area contributed by atoms with Gasteiger partial charge in [-0.2, -0.15) is 0 Å². The molecule has 0 radical (unpaired) electrons. The summed E-state index contributed by atoms with van der Waals surface area (Å²) in [5.41, 5.74) is 2.21. The van der Waals surface area contributed by atoms with Crippen molar-refractivity contribution < 1.29 is 14.6 Å². The molecule has 1 N–H and O–H groups in total. The van der Waals surface area contributed by atoms with Gasteiger partial charge in [0.1, 0.15) is 11.9 Å². The van der Waals surface area contributed by atoms with Crippen LogP contribution in [0, 0.1) is 0 Å². The molecule has 96 valence electrons. The highest BCUT2D eigenvalue weighted by Crippen LogP contribution is 2.53. The average Bonchev–Trinajstić information content (AvgIpc) is 2.92. The lowest BCUT2D eigenvalue weighted by Crippen LogP contribution is -2.13. The standard InChI is InChI=1S/C14H15BrO3/c1-8-4-9-5-10(6-11(15)13(9)18-8)14(2-3-14)7-12(16)17/h5-6,8H,2-4,7H2,1H3,(H,16,17). The van der Waals surface area contributed by atoms with Crippen LogP contribution >= 0.6 is 15.9 Å². The first-order valence-corrected chi connectivity index (χ1v) is 7.01. The molecule has 0 saturated heterocycles. The molecule has 1 unspecified atom stereocenters. The van der Waals surface area contributed by atoms with Crippen LogP contribution in [0.2, 0.25) is 0 Å². The Morgan fingerprint density at radius 3 is 2.89 bits per heavy atom. The van der Waals surface area contributed by atoms with E-state index in [1.807, 2.05) is 6.07 Å². The third-order valence-electron chi connectivity index (χ3n) is 3.90. The van der Waals surface area contributed by atoms with Crippen molar-refractivity contribution in [1.82, 2.24) is 0 Å². The average molecular weight is 311 g/mol. The van der Waals surface area contributed by atoms with Gasteiger partial charge in [-0.3, -0.25) is 4.79 Å². The highest BCUT2D eigenvalue weighted by Gasteiger charge is 2.46. The molecule has 0 aromatic heterocycles. The van der Waals surface area contributed by atoms with Crippen molar-refractivity contribution in [3.8, 4) is 5.75 Å². The van der Waals surface area contributed by atoms with Gasteiger partial charge in [-0.15, -0.1) is 0 Å². The second-order valence-corrected chi connectivity index (χ2v) is 6.28. The molecule has 1 aromatic rings. The Bertz CT molecular complexity index is 520.